The molecule has 11 heavy (non-hydrogen) atoms. The maximum absolute atomic E-state index is 12.3. The standard InChI is InChI=1S/C8H13F3/c1-3-6(2)7(4-5-7)8(9,10)11/h6H,3-5H2,1-2H3/t6-/m1/s1. The second kappa shape index (κ2) is 2.39. The lowest BCUT2D eigenvalue weighted by Gasteiger charge is -2.24. The molecule has 0 bridgehead atoms. The van der Waals surface area contributed by atoms with E-state index in [1.165, 1.54) is 0 Å². The van der Waals surface area contributed by atoms with E-state index in [0.29, 0.717) is 19.3 Å². The summed E-state index contributed by atoms with van der Waals surface area (Å²) >= 11 is 0. The van der Waals surface area contributed by atoms with Gasteiger partial charge in [-0.3, -0.25) is 0 Å². The third-order valence-corrected chi connectivity index (χ3v) is 2.91. The molecule has 1 aliphatic carbocycles. The Labute approximate surface area is 64.8 Å². The van der Waals surface area contributed by atoms with Crippen molar-refractivity contribution in [2.24, 2.45) is 11.3 Å². The quantitative estimate of drug-likeness (QED) is 0.590. The summed E-state index contributed by atoms with van der Waals surface area (Å²) < 4.78 is 37.0. The predicted octanol–water partition coefficient (Wildman–Crippen LogP) is 3.38. The van der Waals surface area contributed by atoms with E-state index in [1.54, 1.807) is 6.92 Å². The maximum atomic E-state index is 12.3. The van der Waals surface area contributed by atoms with Gasteiger partial charge in [-0.15, -0.1) is 0 Å². The number of alkyl halides is 3. The summed E-state index contributed by atoms with van der Waals surface area (Å²) in [6.07, 6.45) is -2.67. The molecule has 1 rings (SSSR count). The average molecular weight is 166 g/mol. The van der Waals surface area contributed by atoms with E-state index in [-0.39, 0.29) is 5.92 Å². The first-order valence-corrected chi connectivity index (χ1v) is 4.01. The second-order valence-electron chi connectivity index (χ2n) is 3.46. The van der Waals surface area contributed by atoms with Gasteiger partial charge in [-0.1, -0.05) is 20.3 Å². The van der Waals surface area contributed by atoms with Crippen molar-refractivity contribution in [2.75, 3.05) is 0 Å². The summed E-state index contributed by atoms with van der Waals surface area (Å²) in [5, 5.41) is 0. The minimum atomic E-state index is -3.97. The fourth-order valence-corrected chi connectivity index (χ4v) is 1.58. The average Bonchev–Trinajstić information content (AvgIpc) is 2.63. The van der Waals surface area contributed by atoms with Crippen molar-refractivity contribution in [1.29, 1.82) is 0 Å². The van der Waals surface area contributed by atoms with Crippen LogP contribution >= 0.6 is 0 Å². The van der Waals surface area contributed by atoms with Crippen LogP contribution in [0.4, 0.5) is 13.2 Å². The monoisotopic (exact) mass is 166 g/mol. The first kappa shape index (κ1) is 8.88. The van der Waals surface area contributed by atoms with E-state index in [9.17, 15) is 13.2 Å². The highest BCUT2D eigenvalue weighted by Crippen LogP contribution is 2.62. The Morgan fingerprint density at radius 3 is 1.91 bits per heavy atom. The molecule has 66 valence electrons. The van der Waals surface area contributed by atoms with Crippen molar-refractivity contribution in [1.82, 2.24) is 0 Å². The van der Waals surface area contributed by atoms with E-state index in [1.807, 2.05) is 6.92 Å². The van der Waals surface area contributed by atoms with Gasteiger partial charge in [-0.2, -0.15) is 13.2 Å². The molecule has 0 radical (unpaired) electrons. The highest BCUT2D eigenvalue weighted by Gasteiger charge is 2.65. The molecule has 0 aromatic heterocycles. The van der Waals surface area contributed by atoms with Crippen LogP contribution in [0, 0.1) is 11.3 Å². The minimum Gasteiger partial charge on any atom is -0.170 e. The molecule has 0 aromatic rings. The molecular formula is C8H13F3. The van der Waals surface area contributed by atoms with Gasteiger partial charge in [0.25, 0.3) is 0 Å². The Morgan fingerprint density at radius 2 is 1.82 bits per heavy atom. The minimum absolute atomic E-state index is 0.206. The zero-order valence-electron chi connectivity index (χ0n) is 6.83. The molecule has 0 saturated heterocycles. The largest absolute Gasteiger partial charge is 0.394 e. The van der Waals surface area contributed by atoms with Crippen LogP contribution in [0.3, 0.4) is 0 Å². The van der Waals surface area contributed by atoms with Gasteiger partial charge in [0.1, 0.15) is 0 Å². The highest BCUT2D eigenvalue weighted by molar-refractivity contribution is 5.01. The van der Waals surface area contributed by atoms with Gasteiger partial charge >= 0.3 is 6.18 Å². The molecule has 0 spiro atoms. The Balaban J connectivity index is 2.68. The first-order valence-electron chi connectivity index (χ1n) is 4.01. The van der Waals surface area contributed by atoms with Crippen LogP contribution in [0.5, 0.6) is 0 Å². The normalized spacial score (nSPS) is 24.8. The lowest BCUT2D eigenvalue weighted by atomic mass is 9.88. The third kappa shape index (κ3) is 1.25. The van der Waals surface area contributed by atoms with Crippen molar-refractivity contribution in [2.45, 2.75) is 39.3 Å². The van der Waals surface area contributed by atoms with Crippen LogP contribution in [-0.4, -0.2) is 6.18 Å². The van der Waals surface area contributed by atoms with Gasteiger partial charge in [0, 0.05) is 0 Å². The molecule has 0 heterocycles. The SMILES string of the molecule is CC[C@@H](C)C1(C(F)(F)F)CC1. The van der Waals surface area contributed by atoms with Crippen LogP contribution in [0.1, 0.15) is 33.1 Å². The zero-order chi connectivity index (χ0) is 8.70. The number of halogens is 3. The molecular weight excluding hydrogens is 153 g/mol. The van der Waals surface area contributed by atoms with E-state index < -0.39 is 11.6 Å². The van der Waals surface area contributed by atoms with Crippen LogP contribution in [-0.2, 0) is 0 Å². The second-order valence-corrected chi connectivity index (χ2v) is 3.46. The topological polar surface area (TPSA) is 0 Å². The lowest BCUT2D eigenvalue weighted by Crippen LogP contribution is -2.30. The summed E-state index contributed by atoms with van der Waals surface area (Å²) in [5.74, 6) is -0.206. The molecule has 0 aliphatic heterocycles. The summed E-state index contributed by atoms with van der Waals surface area (Å²) in [4.78, 5) is 0. The molecule has 0 amide bonds. The molecule has 1 saturated carbocycles. The van der Waals surface area contributed by atoms with Gasteiger partial charge in [-0.05, 0) is 18.8 Å². The molecule has 0 N–H and O–H groups in total. The van der Waals surface area contributed by atoms with E-state index >= 15 is 0 Å². The number of hydrogen-bond donors (Lipinski definition) is 0. The van der Waals surface area contributed by atoms with Gasteiger partial charge in [0.15, 0.2) is 0 Å². The molecule has 0 unspecified atom stereocenters. The Kier molecular flexibility index (Phi) is 1.93. The van der Waals surface area contributed by atoms with Crippen molar-refractivity contribution in [3.8, 4) is 0 Å². The van der Waals surface area contributed by atoms with Crippen molar-refractivity contribution in [3.05, 3.63) is 0 Å². The highest BCUT2D eigenvalue weighted by atomic mass is 19.4. The van der Waals surface area contributed by atoms with E-state index in [4.69, 9.17) is 0 Å². The van der Waals surface area contributed by atoms with Crippen molar-refractivity contribution >= 4 is 0 Å². The fraction of sp³-hybridized carbons (Fsp3) is 1.00. The van der Waals surface area contributed by atoms with Crippen LogP contribution in [0.2, 0.25) is 0 Å². The van der Waals surface area contributed by atoms with Crippen molar-refractivity contribution < 1.29 is 13.2 Å². The molecule has 0 aromatic carbocycles. The molecule has 1 aliphatic rings. The number of rotatable bonds is 2. The van der Waals surface area contributed by atoms with Crippen LogP contribution in [0.25, 0.3) is 0 Å². The Morgan fingerprint density at radius 1 is 1.36 bits per heavy atom. The van der Waals surface area contributed by atoms with Crippen molar-refractivity contribution in [3.63, 3.8) is 0 Å². The Hall–Kier alpha value is -0.210. The summed E-state index contributed by atoms with van der Waals surface area (Å²) in [6.45, 7) is 3.51. The van der Waals surface area contributed by atoms with Crippen LogP contribution in [0.15, 0.2) is 0 Å². The summed E-state index contributed by atoms with van der Waals surface area (Å²) in [5.41, 5.74) is -1.30. The van der Waals surface area contributed by atoms with Gasteiger partial charge in [0.05, 0.1) is 5.41 Å². The van der Waals surface area contributed by atoms with Gasteiger partial charge in [-0.25, -0.2) is 0 Å². The molecule has 0 nitrogen and oxygen atoms in total. The summed E-state index contributed by atoms with van der Waals surface area (Å²) in [6, 6.07) is 0. The number of hydrogen-bond acceptors (Lipinski definition) is 0. The Bertz CT molecular complexity index is 144. The maximum Gasteiger partial charge on any atom is 0.394 e. The van der Waals surface area contributed by atoms with Crippen LogP contribution < -0.4 is 0 Å². The van der Waals surface area contributed by atoms with Gasteiger partial charge < -0.3 is 0 Å². The molecule has 3 heteroatoms. The first-order chi connectivity index (χ1) is 4.94. The van der Waals surface area contributed by atoms with Gasteiger partial charge in [0.2, 0.25) is 0 Å². The zero-order valence-corrected chi connectivity index (χ0v) is 6.83. The van der Waals surface area contributed by atoms with E-state index in [0.717, 1.165) is 0 Å². The predicted molar refractivity (Wildman–Crippen MR) is 37.2 cm³/mol. The molecule has 1 fully saturated rings. The lowest BCUT2D eigenvalue weighted by molar-refractivity contribution is -0.201. The fourth-order valence-electron chi connectivity index (χ4n) is 1.58. The smallest absolute Gasteiger partial charge is 0.170 e. The van der Waals surface area contributed by atoms with E-state index in [2.05, 4.69) is 0 Å². The molecule has 1 atom stereocenters. The third-order valence-electron chi connectivity index (χ3n) is 2.91. The summed E-state index contributed by atoms with van der Waals surface area (Å²) in [7, 11) is 0.